The van der Waals surface area contributed by atoms with E-state index in [4.69, 9.17) is 4.74 Å². The molecule has 2 aromatic heterocycles. The van der Waals surface area contributed by atoms with E-state index in [1.54, 1.807) is 7.11 Å². The molecule has 2 heterocycles. The van der Waals surface area contributed by atoms with E-state index in [1.807, 2.05) is 6.07 Å². The van der Waals surface area contributed by atoms with Crippen LogP contribution < -0.4 is 4.74 Å². The maximum atomic E-state index is 5.27. The second-order valence-electron chi connectivity index (χ2n) is 5.31. The van der Waals surface area contributed by atoms with Crippen LogP contribution in [0.1, 0.15) is 11.4 Å². The predicted octanol–water partition coefficient (Wildman–Crippen LogP) is 4.25. The van der Waals surface area contributed by atoms with Crippen molar-refractivity contribution in [2.75, 3.05) is 7.11 Å². The van der Waals surface area contributed by atoms with E-state index in [-0.39, 0.29) is 0 Å². The van der Waals surface area contributed by atoms with Crippen LogP contribution in [0.2, 0.25) is 0 Å². The fourth-order valence-electron chi connectivity index (χ4n) is 2.83. The maximum absolute atomic E-state index is 5.27. The Morgan fingerprint density at radius 2 is 1.52 bits per heavy atom. The van der Waals surface area contributed by atoms with Crippen LogP contribution in [0.25, 0.3) is 21.8 Å². The molecule has 3 heteroatoms. The largest absolute Gasteiger partial charge is 0.497 e. The van der Waals surface area contributed by atoms with E-state index in [9.17, 15) is 0 Å². The lowest BCUT2D eigenvalue weighted by atomic mass is 10.2. The maximum Gasteiger partial charge on any atom is 0.119 e. The second-order valence-corrected chi connectivity index (χ2v) is 5.31. The quantitative estimate of drug-likeness (QED) is 0.577. The Kier molecular flexibility index (Phi) is 2.71. The third-order valence-electron chi connectivity index (χ3n) is 3.85. The Balaban J connectivity index is 1.69. The highest BCUT2D eigenvalue weighted by Gasteiger charge is 2.05. The molecule has 0 radical (unpaired) electrons. The minimum absolute atomic E-state index is 0.867. The highest BCUT2D eigenvalue weighted by Crippen LogP contribution is 2.23. The van der Waals surface area contributed by atoms with Crippen molar-refractivity contribution in [3.63, 3.8) is 0 Å². The Morgan fingerprint density at radius 1 is 0.810 bits per heavy atom. The molecule has 0 bridgehead atoms. The topological polar surface area (TPSA) is 40.8 Å². The van der Waals surface area contributed by atoms with Crippen LogP contribution in [0.5, 0.6) is 5.75 Å². The zero-order valence-corrected chi connectivity index (χ0v) is 11.8. The van der Waals surface area contributed by atoms with Gasteiger partial charge in [0.15, 0.2) is 0 Å². The van der Waals surface area contributed by atoms with E-state index >= 15 is 0 Å². The summed E-state index contributed by atoms with van der Waals surface area (Å²) in [7, 11) is 1.69. The van der Waals surface area contributed by atoms with Gasteiger partial charge in [-0.05, 0) is 41.8 Å². The lowest BCUT2D eigenvalue weighted by Crippen LogP contribution is -1.87. The van der Waals surface area contributed by atoms with Crippen LogP contribution in [-0.2, 0) is 6.42 Å². The Hall–Kier alpha value is -2.68. The molecule has 0 saturated heterocycles. The van der Waals surface area contributed by atoms with Crippen molar-refractivity contribution in [1.82, 2.24) is 9.97 Å². The lowest BCUT2D eigenvalue weighted by Gasteiger charge is -1.97. The van der Waals surface area contributed by atoms with Gasteiger partial charge in [0.1, 0.15) is 5.75 Å². The highest BCUT2D eigenvalue weighted by molar-refractivity contribution is 5.83. The average molecular weight is 276 g/mol. The average Bonchev–Trinajstić information content (AvgIpc) is 3.08. The molecule has 0 aliphatic rings. The SMILES string of the molecule is COc1ccc2[nH]c(Cc3cc4ccccc4[nH]3)cc2c1. The summed E-state index contributed by atoms with van der Waals surface area (Å²) >= 11 is 0. The molecule has 0 aliphatic heterocycles. The van der Waals surface area contributed by atoms with Gasteiger partial charge in [-0.3, -0.25) is 0 Å². The number of hydrogen-bond acceptors (Lipinski definition) is 1. The summed E-state index contributed by atoms with van der Waals surface area (Å²) < 4.78 is 5.27. The molecule has 4 aromatic rings. The number of hydrogen-bond donors (Lipinski definition) is 2. The number of nitrogens with one attached hydrogen (secondary N) is 2. The van der Waals surface area contributed by atoms with E-state index in [0.29, 0.717) is 0 Å². The van der Waals surface area contributed by atoms with Crippen LogP contribution in [0.4, 0.5) is 0 Å². The minimum atomic E-state index is 0.867. The van der Waals surface area contributed by atoms with Crippen LogP contribution in [-0.4, -0.2) is 17.1 Å². The summed E-state index contributed by atoms with van der Waals surface area (Å²) in [5.41, 5.74) is 4.74. The zero-order valence-electron chi connectivity index (χ0n) is 11.8. The fraction of sp³-hybridized carbons (Fsp3) is 0.111. The molecular weight excluding hydrogens is 260 g/mol. The van der Waals surface area contributed by atoms with E-state index < -0.39 is 0 Å². The van der Waals surface area contributed by atoms with Crippen LogP contribution in [0.15, 0.2) is 54.6 Å². The molecule has 0 fully saturated rings. The van der Waals surface area contributed by atoms with Crippen molar-refractivity contribution in [1.29, 1.82) is 0 Å². The summed E-state index contributed by atoms with van der Waals surface area (Å²) in [5.74, 6) is 0.888. The Bertz CT molecular complexity index is 884. The van der Waals surface area contributed by atoms with Crippen molar-refractivity contribution >= 4 is 21.8 Å². The van der Waals surface area contributed by atoms with Gasteiger partial charge in [0.2, 0.25) is 0 Å². The molecule has 4 rings (SSSR count). The first kappa shape index (κ1) is 12.1. The molecule has 104 valence electrons. The summed E-state index contributed by atoms with van der Waals surface area (Å²) in [6, 6.07) is 18.8. The zero-order chi connectivity index (χ0) is 14.2. The number of aromatic nitrogens is 2. The summed E-state index contributed by atoms with van der Waals surface area (Å²) in [5, 5.41) is 2.44. The molecule has 0 saturated carbocycles. The minimum Gasteiger partial charge on any atom is -0.497 e. The van der Waals surface area contributed by atoms with Gasteiger partial charge in [0.05, 0.1) is 7.11 Å². The number of methoxy groups -OCH3 is 1. The van der Waals surface area contributed by atoms with Crippen molar-refractivity contribution in [3.05, 3.63) is 66.0 Å². The van der Waals surface area contributed by atoms with Crippen LogP contribution in [0, 0.1) is 0 Å². The third kappa shape index (κ3) is 2.17. The molecule has 0 spiro atoms. The molecule has 0 atom stereocenters. The molecule has 21 heavy (non-hydrogen) atoms. The lowest BCUT2D eigenvalue weighted by molar-refractivity contribution is 0.415. The molecule has 0 amide bonds. The van der Waals surface area contributed by atoms with Gasteiger partial charge in [0, 0.05) is 34.2 Å². The van der Waals surface area contributed by atoms with Crippen molar-refractivity contribution < 1.29 is 4.74 Å². The molecule has 0 aliphatic carbocycles. The van der Waals surface area contributed by atoms with Crippen molar-refractivity contribution in [2.45, 2.75) is 6.42 Å². The summed E-state index contributed by atoms with van der Waals surface area (Å²) in [4.78, 5) is 6.93. The van der Waals surface area contributed by atoms with Crippen LogP contribution >= 0.6 is 0 Å². The van der Waals surface area contributed by atoms with Gasteiger partial charge in [-0.25, -0.2) is 0 Å². The van der Waals surface area contributed by atoms with Crippen molar-refractivity contribution in [3.8, 4) is 5.75 Å². The van der Waals surface area contributed by atoms with Gasteiger partial charge in [-0.2, -0.15) is 0 Å². The van der Waals surface area contributed by atoms with Crippen LogP contribution in [0.3, 0.4) is 0 Å². The van der Waals surface area contributed by atoms with E-state index in [0.717, 1.165) is 17.7 Å². The number of aromatic amines is 2. The molecular formula is C18H16N2O. The molecule has 0 unspecified atom stereocenters. The third-order valence-corrected chi connectivity index (χ3v) is 3.85. The number of benzene rings is 2. The first-order chi connectivity index (χ1) is 10.3. The van der Waals surface area contributed by atoms with Crippen molar-refractivity contribution in [2.24, 2.45) is 0 Å². The standard InChI is InChI=1S/C18H16N2O/c1-21-16-6-7-18-13(10-16)9-15(20-18)11-14-8-12-4-2-3-5-17(12)19-14/h2-10,19-20H,11H2,1H3. The Labute approximate surface area is 122 Å². The summed E-state index contributed by atoms with van der Waals surface area (Å²) in [6.45, 7) is 0. The molecule has 2 N–H and O–H groups in total. The second kappa shape index (κ2) is 4.70. The number of H-pyrrole nitrogens is 2. The number of ether oxygens (including phenoxy) is 1. The van der Waals surface area contributed by atoms with Gasteiger partial charge in [-0.1, -0.05) is 18.2 Å². The molecule has 2 aromatic carbocycles. The predicted molar refractivity (Wildman–Crippen MR) is 86.0 cm³/mol. The van der Waals surface area contributed by atoms with Gasteiger partial charge >= 0.3 is 0 Å². The summed E-state index contributed by atoms with van der Waals surface area (Å²) in [6.07, 6.45) is 0.867. The fourth-order valence-corrected chi connectivity index (χ4v) is 2.83. The molecule has 3 nitrogen and oxygen atoms in total. The number of fused-ring (bicyclic) bond motifs is 2. The highest BCUT2D eigenvalue weighted by atomic mass is 16.5. The number of rotatable bonds is 3. The smallest absolute Gasteiger partial charge is 0.119 e. The first-order valence-electron chi connectivity index (χ1n) is 7.04. The normalized spacial score (nSPS) is 11.3. The van der Waals surface area contributed by atoms with Gasteiger partial charge in [0.25, 0.3) is 0 Å². The van der Waals surface area contributed by atoms with E-state index in [2.05, 4.69) is 58.5 Å². The first-order valence-corrected chi connectivity index (χ1v) is 7.04. The Morgan fingerprint density at radius 3 is 2.29 bits per heavy atom. The van der Waals surface area contributed by atoms with E-state index in [1.165, 1.54) is 27.7 Å². The monoisotopic (exact) mass is 276 g/mol. The van der Waals surface area contributed by atoms with Gasteiger partial charge in [-0.15, -0.1) is 0 Å². The number of para-hydroxylation sites is 1. The van der Waals surface area contributed by atoms with Gasteiger partial charge < -0.3 is 14.7 Å².